The van der Waals surface area contributed by atoms with Gasteiger partial charge in [-0.3, -0.25) is 0 Å². The monoisotopic (exact) mass is 884 g/mol. The quantitative estimate of drug-likeness (QED) is 0.157. The molecule has 0 bridgehead atoms. The summed E-state index contributed by atoms with van der Waals surface area (Å²) in [5.74, 6) is 0. The second-order valence-corrected chi connectivity index (χ2v) is 20.0. The Bertz CT molecular complexity index is 3640. The van der Waals surface area contributed by atoms with Gasteiger partial charge in [-0.2, -0.15) is 0 Å². The van der Waals surface area contributed by atoms with Gasteiger partial charge in [0.25, 0.3) is 0 Å². The Morgan fingerprint density at radius 2 is 1.14 bits per heavy atom. The van der Waals surface area contributed by atoms with Gasteiger partial charge in [0.15, 0.2) is 0 Å². The van der Waals surface area contributed by atoms with Crippen LogP contribution in [0.4, 0.5) is 28.4 Å². The number of hydrogen-bond acceptors (Lipinski definition) is 2. The van der Waals surface area contributed by atoms with Crippen LogP contribution in [-0.4, -0.2) is 6.04 Å². The molecule has 0 saturated carbocycles. The first-order chi connectivity index (χ1) is 33.8. The van der Waals surface area contributed by atoms with E-state index in [0.29, 0.717) is 0 Å². The molecule has 0 spiro atoms. The minimum Gasteiger partial charge on any atom is -0.333 e. The molecule has 2 aliphatic carbocycles. The van der Waals surface area contributed by atoms with E-state index in [1.54, 1.807) is 0 Å². The fraction of sp³-hybridized carbons (Fsp3) is 0.104. The zero-order valence-corrected chi connectivity index (χ0v) is 39.3. The maximum absolute atomic E-state index is 2.61. The second kappa shape index (κ2) is 16.0. The van der Waals surface area contributed by atoms with Gasteiger partial charge in [0.05, 0.1) is 17.1 Å². The van der Waals surface area contributed by atoms with Crippen LogP contribution in [0, 0.1) is 0 Å². The Labute approximate surface area is 405 Å². The van der Waals surface area contributed by atoms with Gasteiger partial charge in [0.1, 0.15) is 0 Å². The first-order valence-corrected chi connectivity index (χ1v) is 24.4. The molecule has 1 atom stereocenters. The largest absolute Gasteiger partial charge is 0.333 e. The van der Waals surface area contributed by atoms with E-state index in [1.807, 2.05) is 0 Å². The molecule has 0 amide bonds. The summed E-state index contributed by atoms with van der Waals surface area (Å²) >= 11 is 0. The average molecular weight is 885 g/mol. The zero-order chi connectivity index (χ0) is 46.3. The molecule has 69 heavy (non-hydrogen) atoms. The van der Waals surface area contributed by atoms with Crippen molar-refractivity contribution in [2.45, 2.75) is 44.1 Å². The average Bonchev–Trinajstić information content (AvgIpc) is 3.89. The van der Waals surface area contributed by atoms with E-state index < -0.39 is 5.41 Å². The van der Waals surface area contributed by atoms with Crippen molar-refractivity contribution in [3.8, 4) is 22.3 Å². The molecule has 0 saturated heterocycles. The summed E-state index contributed by atoms with van der Waals surface area (Å²) in [6, 6.07) is 84.2. The molecule has 0 fully saturated rings. The van der Waals surface area contributed by atoms with Gasteiger partial charge in [-0.25, -0.2) is 0 Å². The Morgan fingerprint density at radius 1 is 0.493 bits per heavy atom. The van der Waals surface area contributed by atoms with E-state index in [-0.39, 0.29) is 11.5 Å². The molecule has 2 nitrogen and oxygen atoms in total. The number of nitrogens with zero attached hydrogens (tertiary/aromatic N) is 2. The Balaban J connectivity index is 0.891. The second-order valence-electron chi connectivity index (χ2n) is 20.0. The lowest BCUT2D eigenvalue weighted by atomic mass is 9.67. The maximum atomic E-state index is 2.61. The first-order valence-electron chi connectivity index (χ1n) is 24.4. The Kier molecular flexibility index (Phi) is 9.49. The van der Waals surface area contributed by atoms with Crippen LogP contribution in [0.15, 0.2) is 243 Å². The highest BCUT2D eigenvalue weighted by atomic mass is 15.2. The maximum Gasteiger partial charge on any atom is 0.0714 e. The minimum absolute atomic E-state index is 0.0724. The predicted octanol–water partition coefficient (Wildman–Crippen LogP) is 17.7. The summed E-state index contributed by atoms with van der Waals surface area (Å²) < 4.78 is 0. The summed E-state index contributed by atoms with van der Waals surface area (Å²) in [5, 5.41) is 4.88. The van der Waals surface area contributed by atoms with Crippen molar-refractivity contribution in [3.63, 3.8) is 0 Å². The third-order valence-electron chi connectivity index (χ3n) is 15.1. The Morgan fingerprint density at radius 3 is 1.94 bits per heavy atom. The molecule has 10 aromatic carbocycles. The molecule has 1 unspecified atom stereocenters. The summed E-state index contributed by atoms with van der Waals surface area (Å²) in [7, 11) is 0. The molecule has 1 aliphatic heterocycles. The van der Waals surface area contributed by atoms with E-state index in [2.05, 4.69) is 273 Å². The highest BCUT2D eigenvalue weighted by molar-refractivity contribution is 6.01. The smallest absolute Gasteiger partial charge is 0.0714 e. The minimum atomic E-state index is -0.454. The van der Waals surface area contributed by atoms with Crippen molar-refractivity contribution in [1.82, 2.24) is 0 Å². The van der Waals surface area contributed by atoms with Crippen LogP contribution >= 0.6 is 0 Å². The molecule has 2 heteroatoms. The van der Waals surface area contributed by atoms with Gasteiger partial charge in [0, 0.05) is 33.7 Å². The van der Waals surface area contributed by atoms with Crippen molar-refractivity contribution in [2.24, 2.45) is 0 Å². The van der Waals surface area contributed by atoms with Gasteiger partial charge in [-0.05, 0) is 144 Å². The topological polar surface area (TPSA) is 6.48 Å². The molecular formula is C67H52N2. The summed E-state index contributed by atoms with van der Waals surface area (Å²) in [6.07, 6.45) is 7.87. The SMILES string of the molecule is CC(C)(C)c1ccc(N(c2ccc3cc(-c4ccc5c(c4)C4=CC=CCC4N5c4ccc5c(c4)C(c4ccccc4)(c4ccccc4)c4ccccc4-5)ccc3c2)c2cccc3ccccc23)cc1. The molecule has 0 radical (unpaired) electrons. The molecule has 10 aromatic rings. The fourth-order valence-electron chi connectivity index (χ4n) is 11.8. The van der Waals surface area contributed by atoms with Crippen LogP contribution in [0.5, 0.6) is 0 Å². The van der Waals surface area contributed by atoms with Gasteiger partial charge >= 0.3 is 0 Å². The van der Waals surface area contributed by atoms with Gasteiger partial charge in [0.2, 0.25) is 0 Å². The van der Waals surface area contributed by atoms with Crippen molar-refractivity contribution in [1.29, 1.82) is 0 Å². The molecule has 1 heterocycles. The number of fused-ring (bicyclic) bond motifs is 8. The highest BCUT2D eigenvalue weighted by Crippen LogP contribution is 2.58. The third-order valence-corrected chi connectivity index (χ3v) is 15.1. The number of allylic oxidation sites excluding steroid dienone is 2. The van der Waals surface area contributed by atoms with Crippen LogP contribution in [0.25, 0.3) is 49.4 Å². The number of hydrogen-bond donors (Lipinski definition) is 0. The van der Waals surface area contributed by atoms with Crippen LogP contribution in [0.3, 0.4) is 0 Å². The van der Waals surface area contributed by atoms with E-state index in [4.69, 9.17) is 0 Å². The van der Waals surface area contributed by atoms with Crippen molar-refractivity contribution < 1.29 is 0 Å². The van der Waals surface area contributed by atoms with Gasteiger partial charge < -0.3 is 9.80 Å². The van der Waals surface area contributed by atoms with E-state index in [0.717, 1.165) is 17.8 Å². The van der Waals surface area contributed by atoms with Crippen molar-refractivity contribution in [2.75, 3.05) is 9.80 Å². The number of benzene rings is 10. The van der Waals surface area contributed by atoms with E-state index in [9.17, 15) is 0 Å². The third kappa shape index (κ3) is 6.54. The van der Waals surface area contributed by atoms with Crippen LogP contribution in [0.1, 0.15) is 60.6 Å². The first kappa shape index (κ1) is 41.0. The molecule has 0 aromatic heterocycles. The summed E-state index contributed by atoms with van der Waals surface area (Å²) in [5.41, 5.74) is 19.8. The molecule has 330 valence electrons. The van der Waals surface area contributed by atoms with Crippen LogP contribution in [0.2, 0.25) is 0 Å². The summed E-state index contributed by atoms with van der Waals surface area (Å²) in [4.78, 5) is 5.03. The lowest BCUT2D eigenvalue weighted by Crippen LogP contribution is -2.30. The fourth-order valence-corrected chi connectivity index (χ4v) is 11.8. The molecular weight excluding hydrogens is 833 g/mol. The van der Waals surface area contributed by atoms with Crippen LogP contribution < -0.4 is 9.80 Å². The molecule has 0 N–H and O–H groups in total. The standard InChI is InChI=1S/C67H52N2/c1-66(2,3)50-33-36-53(37-34-50)68(63-28-16-18-45-17-10-11-23-56(45)63)54-35-31-47-41-46(29-30-48(47)42-54)49-32-40-65-60(43-49)59-25-13-15-27-64(59)69(65)55-38-39-58-57-24-12-14-26-61(57)67(62(58)44-55,51-19-6-4-7-20-51)52-21-8-5-9-22-52/h4-26,28-44,64H,27H2,1-3H3. The van der Waals surface area contributed by atoms with Crippen LogP contribution in [-0.2, 0) is 10.8 Å². The molecule has 3 aliphatic rings. The lowest BCUT2D eigenvalue weighted by molar-refractivity contribution is 0.590. The van der Waals surface area contributed by atoms with E-state index in [1.165, 1.54) is 99.8 Å². The number of rotatable bonds is 7. The Hall–Kier alpha value is -8.20. The van der Waals surface area contributed by atoms with Gasteiger partial charge in [-0.1, -0.05) is 203 Å². The molecule has 13 rings (SSSR count). The number of anilines is 5. The highest BCUT2D eigenvalue weighted by Gasteiger charge is 2.47. The van der Waals surface area contributed by atoms with Crippen molar-refractivity contribution in [3.05, 3.63) is 276 Å². The lowest BCUT2D eigenvalue weighted by Gasteiger charge is -2.35. The van der Waals surface area contributed by atoms with Crippen molar-refractivity contribution >= 4 is 55.6 Å². The van der Waals surface area contributed by atoms with Gasteiger partial charge in [-0.15, -0.1) is 0 Å². The van der Waals surface area contributed by atoms with E-state index >= 15 is 0 Å². The normalized spacial score (nSPS) is 15.4. The predicted molar refractivity (Wildman–Crippen MR) is 292 cm³/mol. The summed E-state index contributed by atoms with van der Waals surface area (Å²) in [6.45, 7) is 6.82. The zero-order valence-electron chi connectivity index (χ0n) is 39.3.